The lowest BCUT2D eigenvalue weighted by Crippen LogP contribution is -2.26. The minimum absolute atomic E-state index is 0.0427. The van der Waals surface area contributed by atoms with Gasteiger partial charge in [-0.3, -0.25) is 0 Å². The molecule has 8 heteroatoms. The van der Waals surface area contributed by atoms with Crippen molar-refractivity contribution >= 4 is 16.0 Å². The number of benzene rings is 2. The molecule has 0 amide bonds. The van der Waals surface area contributed by atoms with Crippen LogP contribution in [-0.4, -0.2) is 20.4 Å². The van der Waals surface area contributed by atoms with Gasteiger partial charge in [0, 0.05) is 11.6 Å². The maximum absolute atomic E-state index is 13.6. The molecule has 1 N–H and O–H groups in total. The van der Waals surface area contributed by atoms with Crippen LogP contribution in [0.1, 0.15) is 34.3 Å². The topological polar surface area (TPSA) is 72.5 Å². The van der Waals surface area contributed by atoms with E-state index in [1.165, 1.54) is 30.3 Å². The van der Waals surface area contributed by atoms with Gasteiger partial charge in [-0.05, 0) is 43.5 Å². The fourth-order valence-electron chi connectivity index (χ4n) is 2.36. The maximum Gasteiger partial charge on any atom is 0.338 e. The van der Waals surface area contributed by atoms with Crippen LogP contribution >= 0.6 is 0 Å². The summed E-state index contributed by atoms with van der Waals surface area (Å²) < 4.78 is 58.9. The van der Waals surface area contributed by atoms with Gasteiger partial charge in [-0.25, -0.2) is 26.7 Å². The first-order chi connectivity index (χ1) is 12.3. The van der Waals surface area contributed by atoms with Crippen molar-refractivity contribution in [2.75, 3.05) is 0 Å². The number of ether oxygens (including phenoxy) is 1. The first kappa shape index (κ1) is 18.5. The van der Waals surface area contributed by atoms with Crippen LogP contribution in [-0.2, 0) is 21.4 Å². The molecule has 0 atom stereocenters. The summed E-state index contributed by atoms with van der Waals surface area (Å²) in [4.78, 5) is 12.3. The molecule has 1 aliphatic carbocycles. The predicted molar refractivity (Wildman–Crippen MR) is 90.0 cm³/mol. The van der Waals surface area contributed by atoms with Crippen molar-refractivity contribution < 1.29 is 26.7 Å². The van der Waals surface area contributed by atoms with Gasteiger partial charge >= 0.3 is 5.97 Å². The molecule has 3 rings (SSSR count). The summed E-state index contributed by atoms with van der Waals surface area (Å²) in [5, 5.41) is 0. The normalized spacial score (nSPS) is 14.3. The number of carbonyl (C=O) groups excluding carboxylic acids is 1. The van der Waals surface area contributed by atoms with Crippen LogP contribution < -0.4 is 4.72 Å². The third-order valence-corrected chi connectivity index (χ3v) is 5.55. The number of sulfonamides is 1. The Morgan fingerprint density at radius 3 is 2.65 bits per heavy atom. The molecule has 2 aromatic rings. The lowest BCUT2D eigenvalue weighted by atomic mass is 10.1. The molecule has 2 aromatic carbocycles. The zero-order chi connectivity index (χ0) is 18.9. The van der Waals surface area contributed by atoms with Crippen LogP contribution in [0.2, 0.25) is 0 Å². The van der Waals surface area contributed by atoms with Crippen molar-refractivity contribution in [3.63, 3.8) is 0 Å². The first-order valence-corrected chi connectivity index (χ1v) is 9.49. The quantitative estimate of drug-likeness (QED) is 0.781. The highest BCUT2D eigenvalue weighted by atomic mass is 32.2. The molecule has 1 fully saturated rings. The highest BCUT2D eigenvalue weighted by molar-refractivity contribution is 7.89. The van der Waals surface area contributed by atoms with Crippen molar-refractivity contribution in [3.05, 3.63) is 64.7 Å². The largest absolute Gasteiger partial charge is 0.457 e. The molecule has 1 saturated carbocycles. The molecular formula is C18H17F2NO4S. The van der Waals surface area contributed by atoms with Gasteiger partial charge in [-0.1, -0.05) is 18.2 Å². The molecule has 0 saturated heterocycles. The number of esters is 1. The van der Waals surface area contributed by atoms with E-state index in [0.717, 1.165) is 18.9 Å². The van der Waals surface area contributed by atoms with Gasteiger partial charge in [-0.2, -0.15) is 0 Å². The molecule has 5 nitrogen and oxygen atoms in total. The molecule has 138 valence electrons. The van der Waals surface area contributed by atoms with Gasteiger partial charge in [0.1, 0.15) is 6.61 Å². The number of hydrogen-bond acceptors (Lipinski definition) is 4. The monoisotopic (exact) mass is 381 g/mol. The number of carbonyl (C=O) groups is 1. The summed E-state index contributed by atoms with van der Waals surface area (Å²) in [5.41, 5.74) is 0.468. The third kappa shape index (κ3) is 4.08. The number of aryl methyl sites for hydroxylation is 1. The number of halogens is 2. The van der Waals surface area contributed by atoms with Crippen LogP contribution in [0.4, 0.5) is 8.78 Å². The molecule has 26 heavy (non-hydrogen) atoms. The fraction of sp³-hybridized carbons (Fsp3) is 0.278. The third-order valence-electron chi connectivity index (χ3n) is 4.03. The Morgan fingerprint density at radius 1 is 1.23 bits per heavy atom. The van der Waals surface area contributed by atoms with Gasteiger partial charge in [0.2, 0.25) is 10.0 Å². The zero-order valence-electron chi connectivity index (χ0n) is 14.0. The molecule has 0 radical (unpaired) electrons. The second-order valence-electron chi connectivity index (χ2n) is 6.16. The fourth-order valence-corrected chi connectivity index (χ4v) is 3.69. The van der Waals surface area contributed by atoms with Crippen LogP contribution in [0.15, 0.2) is 41.3 Å². The van der Waals surface area contributed by atoms with Crippen molar-refractivity contribution in [2.45, 2.75) is 37.3 Å². The summed E-state index contributed by atoms with van der Waals surface area (Å²) in [7, 11) is -3.72. The summed E-state index contributed by atoms with van der Waals surface area (Å²) >= 11 is 0. The SMILES string of the molecule is Cc1ccc(S(=O)(=O)NC2CC2)cc1C(=O)OCc1cccc(F)c1F. The van der Waals surface area contributed by atoms with E-state index in [4.69, 9.17) is 4.74 Å². The molecule has 0 bridgehead atoms. The summed E-state index contributed by atoms with van der Waals surface area (Å²) in [6, 6.07) is 7.65. The standard InChI is InChI=1S/C18H17F2NO4S/c1-11-5-8-14(26(23,24)21-13-6-7-13)9-15(11)18(22)25-10-12-3-2-4-16(19)17(12)20/h2-5,8-9,13,21H,6-7,10H2,1H3. The number of rotatable bonds is 6. The molecule has 0 spiro atoms. The van der Waals surface area contributed by atoms with Crippen LogP contribution in [0.25, 0.3) is 0 Å². The second-order valence-corrected chi connectivity index (χ2v) is 7.88. The smallest absolute Gasteiger partial charge is 0.338 e. The van der Waals surface area contributed by atoms with Gasteiger partial charge < -0.3 is 4.74 Å². The first-order valence-electron chi connectivity index (χ1n) is 8.01. The number of nitrogens with one attached hydrogen (secondary N) is 1. The summed E-state index contributed by atoms with van der Waals surface area (Å²) in [6.45, 7) is 1.17. The van der Waals surface area contributed by atoms with Gasteiger partial charge in [0.15, 0.2) is 11.6 Å². The minimum atomic E-state index is -3.72. The van der Waals surface area contributed by atoms with E-state index in [2.05, 4.69) is 4.72 Å². The lowest BCUT2D eigenvalue weighted by molar-refractivity contribution is 0.0467. The average Bonchev–Trinajstić information content (AvgIpc) is 3.39. The Labute approximate surface area is 150 Å². The van der Waals surface area contributed by atoms with Crippen LogP contribution in [0.5, 0.6) is 0 Å². The average molecular weight is 381 g/mol. The Balaban J connectivity index is 1.78. The Kier molecular flexibility index (Phi) is 5.06. The summed E-state index contributed by atoms with van der Waals surface area (Å²) in [6.07, 6.45) is 1.58. The Hall–Kier alpha value is -2.32. The van der Waals surface area contributed by atoms with Crippen LogP contribution in [0.3, 0.4) is 0 Å². The predicted octanol–water partition coefficient (Wildman–Crippen LogP) is 3.07. The Bertz CT molecular complexity index is 956. The maximum atomic E-state index is 13.6. The van der Waals surface area contributed by atoms with Crippen molar-refractivity contribution in [2.24, 2.45) is 0 Å². The van der Waals surface area contributed by atoms with Gasteiger partial charge in [-0.15, -0.1) is 0 Å². The van der Waals surface area contributed by atoms with Crippen molar-refractivity contribution in [1.82, 2.24) is 4.72 Å². The van der Waals surface area contributed by atoms with Gasteiger partial charge in [0.05, 0.1) is 10.5 Å². The zero-order valence-corrected chi connectivity index (χ0v) is 14.8. The van der Waals surface area contributed by atoms with E-state index in [-0.39, 0.29) is 22.1 Å². The minimum Gasteiger partial charge on any atom is -0.457 e. The molecular weight excluding hydrogens is 364 g/mol. The summed E-state index contributed by atoms with van der Waals surface area (Å²) in [5.74, 6) is -2.93. The molecule has 0 aliphatic heterocycles. The van der Waals surface area contributed by atoms with Crippen molar-refractivity contribution in [3.8, 4) is 0 Å². The second kappa shape index (κ2) is 7.13. The Morgan fingerprint density at radius 2 is 1.96 bits per heavy atom. The highest BCUT2D eigenvalue weighted by Crippen LogP contribution is 2.23. The molecule has 0 heterocycles. The lowest BCUT2D eigenvalue weighted by Gasteiger charge is -2.11. The van der Waals surface area contributed by atoms with Crippen molar-refractivity contribution in [1.29, 1.82) is 0 Å². The molecule has 0 aromatic heterocycles. The van der Waals surface area contributed by atoms with E-state index in [1.54, 1.807) is 6.92 Å². The highest BCUT2D eigenvalue weighted by Gasteiger charge is 2.28. The van der Waals surface area contributed by atoms with E-state index < -0.39 is 34.2 Å². The number of hydrogen-bond donors (Lipinski definition) is 1. The van der Waals surface area contributed by atoms with E-state index in [9.17, 15) is 22.0 Å². The van der Waals surface area contributed by atoms with E-state index in [0.29, 0.717) is 5.56 Å². The van der Waals surface area contributed by atoms with E-state index >= 15 is 0 Å². The molecule has 1 aliphatic rings. The van der Waals surface area contributed by atoms with Crippen LogP contribution in [0, 0.1) is 18.6 Å². The van der Waals surface area contributed by atoms with E-state index in [1.807, 2.05) is 0 Å². The molecule has 0 unspecified atom stereocenters. The van der Waals surface area contributed by atoms with Gasteiger partial charge in [0.25, 0.3) is 0 Å².